The van der Waals surface area contributed by atoms with Crippen LogP contribution in [-0.4, -0.2) is 40.8 Å². The van der Waals surface area contributed by atoms with Crippen molar-refractivity contribution in [3.8, 4) is 5.75 Å². The Kier molecular flexibility index (Phi) is 7.20. The zero-order valence-electron chi connectivity index (χ0n) is 14.8. The summed E-state index contributed by atoms with van der Waals surface area (Å²) in [5.41, 5.74) is 3.11. The highest BCUT2D eigenvalue weighted by atomic mass is 32.3. The van der Waals surface area contributed by atoms with Gasteiger partial charge in [0.05, 0.1) is 6.61 Å². The first kappa shape index (κ1) is 20.0. The monoisotopic (exact) mass is 377 g/mol. The SMILES string of the molecule is CN(C)c1ccc(/C=C/c2ccc(OS(=O)(=O)OCCCO)cc2)cc1. The Bertz CT molecular complexity index is 812. The van der Waals surface area contributed by atoms with Gasteiger partial charge in [0.1, 0.15) is 5.75 Å². The Morgan fingerprint density at radius 1 is 0.962 bits per heavy atom. The van der Waals surface area contributed by atoms with E-state index in [0.29, 0.717) is 0 Å². The van der Waals surface area contributed by atoms with Gasteiger partial charge < -0.3 is 14.2 Å². The number of aliphatic hydroxyl groups is 1. The summed E-state index contributed by atoms with van der Waals surface area (Å²) >= 11 is 0. The zero-order valence-corrected chi connectivity index (χ0v) is 15.6. The molecule has 0 aromatic heterocycles. The summed E-state index contributed by atoms with van der Waals surface area (Å²) < 4.78 is 32.7. The van der Waals surface area contributed by atoms with Crippen LogP contribution in [-0.2, 0) is 14.6 Å². The molecular formula is C19H23NO5S. The van der Waals surface area contributed by atoms with Gasteiger partial charge >= 0.3 is 10.4 Å². The van der Waals surface area contributed by atoms with Crippen molar-refractivity contribution in [1.82, 2.24) is 0 Å². The first-order valence-electron chi connectivity index (χ1n) is 8.15. The standard InChI is InChI=1S/C19H23NO5S/c1-20(2)18-10-6-16(7-11-18)4-5-17-8-12-19(13-9-17)25-26(22,23)24-15-3-14-21/h4-13,21H,3,14-15H2,1-2H3/b5-4+. The van der Waals surface area contributed by atoms with Gasteiger partial charge in [0.2, 0.25) is 0 Å². The van der Waals surface area contributed by atoms with Gasteiger partial charge in [-0.15, -0.1) is 0 Å². The van der Waals surface area contributed by atoms with Crippen LogP contribution in [0.5, 0.6) is 5.75 Å². The number of rotatable bonds is 9. The second-order valence-corrected chi connectivity index (χ2v) is 7.00. The van der Waals surface area contributed by atoms with Gasteiger partial charge in [0, 0.05) is 26.4 Å². The average molecular weight is 377 g/mol. The van der Waals surface area contributed by atoms with Crippen molar-refractivity contribution in [2.75, 3.05) is 32.2 Å². The van der Waals surface area contributed by atoms with Gasteiger partial charge in [-0.3, -0.25) is 0 Å². The molecule has 2 aromatic rings. The minimum Gasteiger partial charge on any atom is -0.396 e. The van der Waals surface area contributed by atoms with Gasteiger partial charge in [0.25, 0.3) is 0 Å². The molecule has 0 spiro atoms. The van der Waals surface area contributed by atoms with Gasteiger partial charge in [-0.2, -0.15) is 8.42 Å². The lowest BCUT2D eigenvalue weighted by Gasteiger charge is -2.11. The third-order valence-corrected chi connectivity index (χ3v) is 4.34. The molecule has 0 atom stereocenters. The van der Waals surface area contributed by atoms with Crippen LogP contribution in [0.4, 0.5) is 5.69 Å². The fourth-order valence-electron chi connectivity index (χ4n) is 2.08. The van der Waals surface area contributed by atoms with E-state index < -0.39 is 10.4 Å². The van der Waals surface area contributed by atoms with Crippen molar-refractivity contribution >= 4 is 28.2 Å². The molecule has 0 radical (unpaired) electrons. The second-order valence-electron chi connectivity index (χ2n) is 5.78. The predicted molar refractivity (Wildman–Crippen MR) is 103 cm³/mol. The molecule has 6 nitrogen and oxygen atoms in total. The molecule has 2 rings (SSSR count). The summed E-state index contributed by atoms with van der Waals surface area (Å²) in [6.07, 6.45) is 4.13. The quantitative estimate of drug-likeness (QED) is 0.535. The maximum atomic E-state index is 11.6. The van der Waals surface area contributed by atoms with Crippen LogP contribution in [0.1, 0.15) is 17.5 Å². The number of anilines is 1. The van der Waals surface area contributed by atoms with Crippen LogP contribution < -0.4 is 9.08 Å². The molecule has 0 heterocycles. The first-order chi connectivity index (χ1) is 12.4. The van der Waals surface area contributed by atoms with E-state index in [2.05, 4.69) is 4.18 Å². The van der Waals surface area contributed by atoms with E-state index in [9.17, 15) is 8.42 Å². The summed E-state index contributed by atoms with van der Waals surface area (Å²) in [7, 11) is -0.134. The predicted octanol–water partition coefficient (Wildman–Crippen LogP) is 2.95. The first-order valence-corrected chi connectivity index (χ1v) is 9.48. The van der Waals surface area contributed by atoms with Crippen LogP contribution in [0.3, 0.4) is 0 Å². The Balaban J connectivity index is 1.96. The smallest absolute Gasteiger partial charge is 0.396 e. The van der Waals surface area contributed by atoms with Crippen LogP contribution in [0.2, 0.25) is 0 Å². The highest BCUT2D eigenvalue weighted by molar-refractivity contribution is 7.82. The molecule has 0 aliphatic heterocycles. The Morgan fingerprint density at radius 3 is 2.00 bits per heavy atom. The molecular weight excluding hydrogens is 354 g/mol. The van der Waals surface area contributed by atoms with E-state index in [0.717, 1.165) is 16.8 Å². The number of hydrogen-bond acceptors (Lipinski definition) is 6. The number of aliphatic hydroxyl groups excluding tert-OH is 1. The summed E-state index contributed by atoms with van der Waals surface area (Å²) in [5.74, 6) is 0.168. The zero-order chi connectivity index (χ0) is 19.0. The lowest BCUT2D eigenvalue weighted by Crippen LogP contribution is -2.14. The third-order valence-electron chi connectivity index (χ3n) is 3.49. The molecule has 0 amide bonds. The summed E-state index contributed by atoms with van der Waals surface area (Å²) in [5, 5.41) is 8.63. The summed E-state index contributed by atoms with van der Waals surface area (Å²) in [4.78, 5) is 2.04. The van der Waals surface area contributed by atoms with Crippen molar-refractivity contribution in [1.29, 1.82) is 0 Å². The van der Waals surface area contributed by atoms with Crippen molar-refractivity contribution in [3.63, 3.8) is 0 Å². The number of nitrogens with zero attached hydrogens (tertiary/aromatic N) is 1. The molecule has 0 saturated carbocycles. The maximum Gasteiger partial charge on any atom is 0.449 e. The normalized spacial score (nSPS) is 11.7. The molecule has 1 N–H and O–H groups in total. The van der Waals surface area contributed by atoms with Gasteiger partial charge in [-0.1, -0.05) is 36.4 Å². The largest absolute Gasteiger partial charge is 0.449 e. The maximum absolute atomic E-state index is 11.6. The molecule has 0 bridgehead atoms. The molecule has 2 aromatic carbocycles. The fraction of sp³-hybridized carbons (Fsp3) is 0.263. The van der Waals surface area contributed by atoms with E-state index in [1.807, 2.05) is 55.4 Å². The molecule has 140 valence electrons. The van der Waals surface area contributed by atoms with E-state index >= 15 is 0 Å². The minimum absolute atomic E-state index is 0.119. The van der Waals surface area contributed by atoms with E-state index in [1.165, 1.54) is 0 Å². The topological polar surface area (TPSA) is 76.1 Å². The van der Waals surface area contributed by atoms with Crippen LogP contribution in [0.25, 0.3) is 12.2 Å². The molecule has 26 heavy (non-hydrogen) atoms. The third kappa shape index (κ3) is 6.51. The molecule has 0 unspecified atom stereocenters. The number of benzene rings is 2. The van der Waals surface area contributed by atoms with Crippen LogP contribution in [0.15, 0.2) is 48.5 Å². The van der Waals surface area contributed by atoms with Crippen molar-refractivity contribution in [2.24, 2.45) is 0 Å². The van der Waals surface area contributed by atoms with E-state index in [1.54, 1.807) is 24.3 Å². The van der Waals surface area contributed by atoms with Crippen LogP contribution >= 0.6 is 0 Å². The molecule has 0 aliphatic carbocycles. The van der Waals surface area contributed by atoms with Crippen molar-refractivity contribution in [2.45, 2.75) is 6.42 Å². The van der Waals surface area contributed by atoms with Crippen molar-refractivity contribution in [3.05, 3.63) is 59.7 Å². The lowest BCUT2D eigenvalue weighted by molar-refractivity contribution is 0.221. The molecule has 0 aliphatic rings. The Hall–Kier alpha value is -2.35. The van der Waals surface area contributed by atoms with Crippen molar-refractivity contribution < 1.29 is 21.9 Å². The highest BCUT2D eigenvalue weighted by Gasteiger charge is 2.13. The summed E-state index contributed by atoms with van der Waals surface area (Å²) in [6, 6.07) is 14.8. The van der Waals surface area contributed by atoms with Crippen LogP contribution in [0, 0.1) is 0 Å². The van der Waals surface area contributed by atoms with E-state index in [4.69, 9.17) is 9.29 Å². The van der Waals surface area contributed by atoms with E-state index in [-0.39, 0.29) is 25.4 Å². The summed E-state index contributed by atoms with van der Waals surface area (Å²) in [6.45, 7) is -0.263. The minimum atomic E-state index is -4.12. The van der Waals surface area contributed by atoms with Gasteiger partial charge in [-0.25, -0.2) is 4.18 Å². The molecule has 0 saturated heterocycles. The Morgan fingerprint density at radius 2 is 1.50 bits per heavy atom. The fourth-order valence-corrected chi connectivity index (χ4v) is 2.79. The lowest BCUT2D eigenvalue weighted by atomic mass is 10.1. The second kappa shape index (κ2) is 9.38. The molecule has 0 fully saturated rings. The average Bonchev–Trinajstić information content (AvgIpc) is 2.61. The highest BCUT2D eigenvalue weighted by Crippen LogP contribution is 2.18. The van der Waals surface area contributed by atoms with Gasteiger partial charge in [0.15, 0.2) is 0 Å². The Labute approximate surface area is 154 Å². The van der Waals surface area contributed by atoms with Gasteiger partial charge in [-0.05, 0) is 41.8 Å². The molecule has 7 heteroatoms. The number of hydrogen-bond donors (Lipinski definition) is 1.